The number of benzene rings is 1. The van der Waals surface area contributed by atoms with E-state index in [0.717, 1.165) is 18.9 Å². The lowest BCUT2D eigenvalue weighted by Crippen LogP contribution is -2.25. The number of carbonyl (C=O) groups excluding carboxylic acids is 1. The highest BCUT2D eigenvalue weighted by Gasteiger charge is 2.33. The molecule has 1 amide bonds. The topological polar surface area (TPSA) is 20.3 Å². The molecule has 2 nitrogen and oxygen atoms in total. The lowest BCUT2D eigenvalue weighted by atomic mass is 10.1. The summed E-state index contributed by atoms with van der Waals surface area (Å²) in [4.78, 5) is 13.4. The lowest BCUT2D eigenvalue weighted by molar-refractivity contribution is -0.137. The van der Waals surface area contributed by atoms with Gasteiger partial charge in [-0.3, -0.25) is 4.79 Å². The van der Waals surface area contributed by atoms with Crippen molar-refractivity contribution in [2.45, 2.75) is 19.0 Å². The van der Waals surface area contributed by atoms with Crippen LogP contribution >= 0.6 is 11.6 Å². The van der Waals surface area contributed by atoms with Gasteiger partial charge in [0.05, 0.1) is 10.6 Å². The van der Waals surface area contributed by atoms with Gasteiger partial charge in [0, 0.05) is 19.2 Å². The molecule has 20 heavy (non-hydrogen) atoms. The fourth-order valence-electron chi connectivity index (χ4n) is 2.07. The van der Waals surface area contributed by atoms with Crippen molar-refractivity contribution in [2.75, 3.05) is 13.1 Å². The SMILES string of the molecule is O=C(C=Cc1ccc(Cl)c(C(F)(F)F)c1)N1CCCC1. The van der Waals surface area contributed by atoms with Crippen LogP contribution in [0.2, 0.25) is 5.02 Å². The molecule has 6 heteroatoms. The van der Waals surface area contributed by atoms with E-state index in [0.29, 0.717) is 18.7 Å². The van der Waals surface area contributed by atoms with E-state index in [1.807, 2.05) is 0 Å². The maximum absolute atomic E-state index is 12.7. The minimum Gasteiger partial charge on any atom is -0.339 e. The predicted octanol–water partition coefficient (Wildman–Crippen LogP) is 3.99. The maximum Gasteiger partial charge on any atom is 0.417 e. The van der Waals surface area contributed by atoms with Crippen LogP contribution in [0.15, 0.2) is 24.3 Å². The zero-order valence-electron chi connectivity index (χ0n) is 10.6. The number of amides is 1. The molecule has 1 aromatic carbocycles. The standard InChI is InChI=1S/C14H13ClF3NO/c15-12-5-3-10(9-11(12)14(16,17)18)4-6-13(20)19-7-1-2-8-19/h3-6,9H,1-2,7-8H2. The van der Waals surface area contributed by atoms with Gasteiger partial charge < -0.3 is 4.90 Å². The van der Waals surface area contributed by atoms with Crippen molar-refractivity contribution in [3.05, 3.63) is 40.4 Å². The van der Waals surface area contributed by atoms with Crippen LogP contribution in [-0.2, 0) is 11.0 Å². The molecule has 0 aromatic heterocycles. The molecule has 0 radical (unpaired) electrons. The van der Waals surface area contributed by atoms with Crippen molar-refractivity contribution in [3.63, 3.8) is 0 Å². The van der Waals surface area contributed by atoms with E-state index in [9.17, 15) is 18.0 Å². The Morgan fingerprint density at radius 2 is 1.90 bits per heavy atom. The van der Waals surface area contributed by atoms with Gasteiger partial charge in [-0.05, 0) is 36.6 Å². The molecule has 0 spiro atoms. The van der Waals surface area contributed by atoms with E-state index < -0.39 is 11.7 Å². The lowest BCUT2D eigenvalue weighted by Gasteiger charge is -2.12. The van der Waals surface area contributed by atoms with Gasteiger partial charge >= 0.3 is 6.18 Å². The first-order chi connectivity index (χ1) is 9.38. The van der Waals surface area contributed by atoms with Gasteiger partial charge in [-0.25, -0.2) is 0 Å². The normalized spacial score (nSPS) is 16.1. The van der Waals surface area contributed by atoms with Crippen molar-refractivity contribution in [1.29, 1.82) is 0 Å². The molecule has 1 saturated heterocycles. The minimum atomic E-state index is -4.50. The van der Waals surface area contributed by atoms with Crippen LogP contribution in [0.5, 0.6) is 0 Å². The molecule has 1 aliphatic rings. The van der Waals surface area contributed by atoms with Gasteiger partial charge in [-0.15, -0.1) is 0 Å². The number of halogens is 4. The van der Waals surface area contributed by atoms with Crippen LogP contribution in [0.25, 0.3) is 6.08 Å². The summed E-state index contributed by atoms with van der Waals surface area (Å²) in [6.07, 6.45) is 0.123. The highest BCUT2D eigenvalue weighted by atomic mass is 35.5. The average Bonchev–Trinajstić information content (AvgIpc) is 2.90. The van der Waals surface area contributed by atoms with E-state index in [1.165, 1.54) is 24.3 Å². The van der Waals surface area contributed by atoms with Crippen molar-refractivity contribution in [3.8, 4) is 0 Å². The van der Waals surface area contributed by atoms with Crippen molar-refractivity contribution >= 4 is 23.6 Å². The summed E-state index contributed by atoms with van der Waals surface area (Å²) in [5, 5.41) is -0.347. The Labute approximate surface area is 119 Å². The number of rotatable bonds is 2. The quantitative estimate of drug-likeness (QED) is 0.756. The molecule has 0 bridgehead atoms. The molecule has 0 atom stereocenters. The summed E-state index contributed by atoms with van der Waals surface area (Å²) in [6, 6.07) is 3.58. The number of nitrogens with zero attached hydrogens (tertiary/aromatic N) is 1. The third kappa shape index (κ3) is 3.54. The van der Waals surface area contributed by atoms with Crippen LogP contribution in [0.3, 0.4) is 0 Å². The first kappa shape index (κ1) is 14.9. The van der Waals surface area contributed by atoms with Crippen molar-refractivity contribution in [1.82, 2.24) is 4.90 Å². The molecule has 1 fully saturated rings. The van der Waals surface area contributed by atoms with Crippen molar-refractivity contribution < 1.29 is 18.0 Å². The fourth-order valence-corrected chi connectivity index (χ4v) is 2.30. The first-order valence-corrected chi connectivity index (χ1v) is 6.59. The summed E-state index contributed by atoms with van der Waals surface area (Å²) in [6.45, 7) is 1.41. The second kappa shape index (κ2) is 5.87. The van der Waals surface area contributed by atoms with E-state index in [2.05, 4.69) is 0 Å². The second-order valence-electron chi connectivity index (χ2n) is 4.60. The van der Waals surface area contributed by atoms with Crippen LogP contribution in [-0.4, -0.2) is 23.9 Å². The predicted molar refractivity (Wildman–Crippen MR) is 71.3 cm³/mol. The second-order valence-corrected chi connectivity index (χ2v) is 5.01. The molecule has 0 aliphatic carbocycles. The number of carbonyl (C=O) groups is 1. The Bertz CT molecular complexity index is 534. The minimum absolute atomic E-state index is 0.175. The molecule has 0 unspecified atom stereocenters. The number of likely N-dealkylation sites (tertiary alicyclic amines) is 1. The Balaban J connectivity index is 2.15. The molecule has 1 aromatic rings. The van der Waals surface area contributed by atoms with E-state index in [-0.39, 0.29) is 10.9 Å². The average molecular weight is 304 g/mol. The molecule has 0 N–H and O–H groups in total. The molecule has 0 saturated carbocycles. The molecule has 1 aliphatic heterocycles. The Morgan fingerprint density at radius 3 is 2.50 bits per heavy atom. The third-order valence-electron chi connectivity index (χ3n) is 3.13. The summed E-state index contributed by atoms with van der Waals surface area (Å²) in [7, 11) is 0. The highest BCUT2D eigenvalue weighted by molar-refractivity contribution is 6.31. The van der Waals surface area contributed by atoms with Crippen LogP contribution in [0, 0.1) is 0 Å². The van der Waals surface area contributed by atoms with Gasteiger partial charge in [-0.1, -0.05) is 17.7 Å². The fraction of sp³-hybridized carbons (Fsp3) is 0.357. The number of hydrogen-bond acceptors (Lipinski definition) is 1. The largest absolute Gasteiger partial charge is 0.417 e. The van der Waals surface area contributed by atoms with Gasteiger partial charge in [0.2, 0.25) is 5.91 Å². The van der Waals surface area contributed by atoms with Gasteiger partial charge in [0.25, 0.3) is 0 Å². The molecule has 108 valence electrons. The summed E-state index contributed by atoms with van der Waals surface area (Å²) in [5.41, 5.74) is -0.593. The van der Waals surface area contributed by atoms with Crippen LogP contribution in [0.4, 0.5) is 13.2 Å². The number of alkyl halides is 3. The summed E-state index contributed by atoms with van der Waals surface area (Å²) in [5.74, 6) is -0.175. The third-order valence-corrected chi connectivity index (χ3v) is 3.46. The van der Waals surface area contributed by atoms with E-state index in [4.69, 9.17) is 11.6 Å². The van der Waals surface area contributed by atoms with Crippen LogP contribution in [0.1, 0.15) is 24.0 Å². The van der Waals surface area contributed by atoms with Crippen LogP contribution < -0.4 is 0 Å². The summed E-state index contributed by atoms with van der Waals surface area (Å²) >= 11 is 5.53. The number of hydrogen-bond donors (Lipinski definition) is 0. The molecule has 1 heterocycles. The zero-order valence-corrected chi connectivity index (χ0v) is 11.3. The maximum atomic E-state index is 12.7. The summed E-state index contributed by atoms with van der Waals surface area (Å²) < 4.78 is 38.1. The highest BCUT2D eigenvalue weighted by Crippen LogP contribution is 2.35. The van der Waals surface area contributed by atoms with Gasteiger partial charge in [0.1, 0.15) is 0 Å². The molecule has 2 rings (SSSR count). The monoisotopic (exact) mass is 303 g/mol. The van der Waals surface area contributed by atoms with Gasteiger partial charge in [-0.2, -0.15) is 13.2 Å². The smallest absolute Gasteiger partial charge is 0.339 e. The Hall–Kier alpha value is -1.49. The molecular weight excluding hydrogens is 291 g/mol. The van der Waals surface area contributed by atoms with E-state index >= 15 is 0 Å². The first-order valence-electron chi connectivity index (χ1n) is 6.21. The molecular formula is C14H13ClF3NO. The Morgan fingerprint density at radius 1 is 1.25 bits per heavy atom. The van der Waals surface area contributed by atoms with E-state index in [1.54, 1.807) is 4.90 Å². The Kier molecular flexibility index (Phi) is 4.38. The van der Waals surface area contributed by atoms with Gasteiger partial charge in [0.15, 0.2) is 0 Å². The van der Waals surface area contributed by atoms with Crippen molar-refractivity contribution in [2.24, 2.45) is 0 Å². The zero-order chi connectivity index (χ0) is 14.8.